The second-order valence-corrected chi connectivity index (χ2v) is 6.03. The van der Waals surface area contributed by atoms with Gasteiger partial charge in [-0.2, -0.15) is 0 Å². The number of benzene rings is 1. The van der Waals surface area contributed by atoms with Gasteiger partial charge in [-0.25, -0.2) is 9.97 Å². The molecule has 5 nitrogen and oxygen atoms in total. The van der Waals surface area contributed by atoms with Crippen LogP contribution in [-0.4, -0.2) is 40.4 Å². The third-order valence-electron chi connectivity index (χ3n) is 3.89. The molecule has 1 aromatic heterocycles. The summed E-state index contributed by atoms with van der Waals surface area (Å²) < 4.78 is 0. The van der Waals surface area contributed by atoms with Gasteiger partial charge in [0.1, 0.15) is 17.8 Å². The minimum absolute atomic E-state index is 0.0113. The average Bonchev–Trinajstić information content (AvgIpc) is 3.09. The Labute approximate surface area is 140 Å². The lowest BCUT2D eigenvalue weighted by atomic mass is 10.1. The van der Waals surface area contributed by atoms with Crippen LogP contribution in [0.1, 0.15) is 28.9 Å². The highest BCUT2D eigenvalue weighted by Crippen LogP contribution is 2.14. The van der Waals surface area contributed by atoms with Crippen molar-refractivity contribution in [2.75, 3.05) is 25.0 Å². The van der Waals surface area contributed by atoms with Gasteiger partial charge in [0.15, 0.2) is 0 Å². The molecule has 0 aliphatic carbocycles. The number of rotatable bonds is 5. The van der Waals surface area contributed by atoms with Gasteiger partial charge in [0, 0.05) is 30.7 Å². The molecule has 0 saturated carbocycles. The van der Waals surface area contributed by atoms with E-state index in [4.69, 9.17) is 11.6 Å². The molecule has 1 amide bonds. The Balaban J connectivity index is 1.58. The van der Waals surface area contributed by atoms with Crippen LogP contribution < -0.4 is 5.32 Å². The molecule has 3 rings (SSSR count). The topological polar surface area (TPSA) is 58.1 Å². The fourth-order valence-corrected chi connectivity index (χ4v) is 2.89. The first-order valence-electron chi connectivity index (χ1n) is 7.82. The van der Waals surface area contributed by atoms with Crippen molar-refractivity contribution in [3.63, 3.8) is 0 Å². The lowest BCUT2D eigenvalue weighted by Gasteiger charge is -2.14. The van der Waals surface area contributed by atoms with Crippen LogP contribution in [0.4, 0.5) is 5.82 Å². The molecule has 0 radical (unpaired) electrons. The molecular formula is C17H19ClN4O. The van der Waals surface area contributed by atoms with E-state index in [-0.39, 0.29) is 5.91 Å². The summed E-state index contributed by atoms with van der Waals surface area (Å²) in [6.07, 6.45) is 4.41. The van der Waals surface area contributed by atoms with E-state index in [0.29, 0.717) is 18.1 Å². The van der Waals surface area contributed by atoms with Crippen LogP contribution >= 0.6 is 11.6 Å². The highest BCUT2D eigenvalue weighted by molar-refractivity contribution is 6.30. The zero-order valence-corrected chi connectivity index (χ0v) is 13.6. The first-order valence-corrected chi connectivity index (χ1v) is 8.20. The monoisotopic (exact) mass is 330 g/mol. The second kappa shape index (κ2) is 7.42. The molecule has 2 aromatic rings. The van der Waals surface area contributed by atoms with Crippen LogP contribution in [0.5, 0.6) is 0 Å². The van der Waals surface area contributed by atoms with Crippen LogP contribution in [0.15, 0.2) is 36.7 Å². The maximum atomic E-state index is 12.3. The quantitative estimate of drug-likeness (QED) is 0.915. The van der Waals surface area contributed by atoms with Gasteiger partial charge in [0.05, 0.1) is 0 Å². The molecule has 23 heavy (non-hydrogen) atoms. The van der Waals surface area contributed by atoms with E-state index in [0.717, 1.165) is 42.9 Å². The number of halogens is 1. The third-order valence-corrected chi connectivity index (χ3v) is 4.12. The van der Waals surface area contributed by atoms with Crippen molar-refractivity contribution < 1.29 is 4.79 Å². The molecule has 1 fully saturated rings. The molecule has 1 aliphatic heterocycles. The standard InChI is InChI=1S/C17H19ClN4O/c18-14-5-3-4-13(10-14)6-7-19-16-11-15(20-12-21-16)17(23)22-8-1-2-9-22/h3-5,10-12H,1-2,6-9H2,(H,19,20,21). The molecule has 2 heterocycles. The number of amides is 1. The Morgan fingerprint density at radius 2 is 2.04 bits per heavy atom. The molecule has 0 atom stereocenters. The smallest absolute Gasteiger partial charge is 0.272 e. The van der Waals surface area contributed by atoms with E-state index in [2.05, 4.69) is 15.3 Å². The lowest BCUT2D eigenvalue weighted by molar-refractivity contribution is 0.0787. The van der Waals surface area contributed by atoms with Gasteiger partial charge >= 0.3 is 0 Å². The van der Waals surface area contributed by atoms with Crippen molar-refractivity contribution in [1.29, 1.82) is 0 Å². The molecule has 6 heteroatoms. The number of hydrogen-bond donors (Lipinski definition) is 1. The Kier molecular flexibility index (Phi) is 5.08. The molecule has 120 valence electrons. The molecule has 1 aromatic carbocycles. The van der Waals surface area contributed by atoms with Crippen LogP contribution in [0.25, 0.3) is 0 Å². The van der Waals surface area contributed by atoms with Crippen LogP contribution in [0.2, 0.25) is 5.02 Å². The van der Waals surface area contributed by atoms with Crippen molar-refractivity contribution in [2.24, 2.45) is 0 Å². The Bertz CT molecular complexity index is 686. The van der Waals surface area contributed by atoms with E-state index < -0.39 is 0 Å². The maximum Gasteiger partial charge on any atom is 0.272 e. The fourth-order valence-electron chi connectivity index (χ4n) is 2.68. The van der Waals surface area contributed by atoms with E-state index >= 15 is 0 Å². The zero-order chi connectivity index (χ0) is 16.1. The highest BCUT2D eigenvalue weighted by atomic mass is 35.5. The van der Waals surface area contributed by atoms with Crippen molar-refractivity contribution in [2.45, 2.75) is 19.3 Å². The third kappa shape index (κ3) is 4.20. The highest BCUT2D eigenvalue weighted by Gasteiger charge is 2.20. The van der Waals surface area contributed by atoms with Gasteiger partial charge in [0.2, 0.25) is 0 Å². The van der Waals surface area contributed by atoms with E-state index in [1.165, 1.54) is 6.33 Å². The van der Waals surface area contributed by atoms with Crippen molar-refractivity contribution in [3.05, 3.63) is 52.9 Å². The predicted molar refractivity (Wildman–Crippen MR) is 90.8 cm³/mol. The number of nitrogens with one attached hydrogen (secondary N) is 1. The largest absolute Gasteiger partial charge is 0.370 e. The summed E-state index contributed by atoms with van der Waals surface area (Å²) in [5.74, 6) is 0.660. The minimum atomic E-state index is -0.0113. The first-order chi connectivity index (χ1) is 11.2. The molecular weight excluding hydrogens is 312 g/mol. The van der Waals surface area contributed by atoms with Crippen molar-refractivity contribution in [3.8, 4) is 0 Å². The average molecular weight is 331 g/mol. The number of anilines is 1. The lowest BCUT2D eigenvalue weighted by Crippen LogP contribution is -2.28. The summed E-state index contributed by atoms with van der Waals surface area (Å²) in [5.41, 5.74) is 1.61. The van der Waals surface area contributed by atoms with Gasteiger partial charge in [-0.1, -0.05) is 23.7 Å². The van der Waals surface area contributed by atoms with E-state index in [9.17, 15) is 4.79 Å². The number of nitrogens with zero attached hydrogens (tertiary/aromatic N) is 3. The number of aromatic nitrogens is 2. The summed E-state index contributed by atoms with van der Waals surface area (Å²) in [6, 6.07) is 9.51. The van der Waals surface area contributed by atoms with Crippen molar-refractivity contribution >= 4 is 23.3 Å². The van der Waals surface area contributed by atoms with Crippen LogP contribution in [0.3, 0.4) is 0 Å². The number of carbonyl (C=O) groups excluding carboxylic acids is 1. The molecule has 0 spiro atoms. The molecule has 1 aliphatic rings. The summed E-state index contributed by atoms with van der Waals surface area (Å²) in [7, 11) is 0. The fraction of sp³-hybridized carbons (Fsp3) is 0.353. The van der Waals surface area contributed by atoms with Gasteiger partial charge in [-0.15, -0.1) is 0 Å². The Morgan fingerprint density at radius 1 is 1.22 bits per heavy atom. The summed E-state index contributed by atoms with van der Waals surface area (Å²) in [5, 5.41) is 3.97. The van der Waals surface area contributed by atoms with E-state index in [1.54, 1.807) is 6.07 Å². The number of carbonyl (C=O) groups is 1. The summed E-state index contributed by atoms with van der Waals surface area (Å²) >= 11 is 5.98. The van der Waals surface area contributed by atoms with Crippen LogP contribution in [-0.2, 0) is 6.42 Å². The van der Waals surface area contributed by atoms with Gasteiger partial charge < -0.3 is 10.2 Å². The van der Waals surface area contributed by atoms with Gasteiger partial charge in [0.25, 0.3) is 5.91 Å². The van der Waals surface area contributed by atoms with E-state index in [1.807, 2.05) is 29.2 Å². The maximum absolute atomic E-state index is 12.3. The molecule has 1 saturated heterocycles. The molecule has 0 bridgehead atoms. The minimum Gasteiger partial charge on any atom is -0.370 e. The normalized spacial score (nSPS) is 14.0. The summed E-state index contributed by atoms with van der Waals surface area (Å²) in [4.78, 5) is 22.5. The predicted octanol–water partition coefficient (Wildman–Crippen LogP) is 3.02. The first kappa shape index (κ1) is 15.7. The molecule has 1 N–H and O–H groups in total. The second-order valence-electron chi connectivity index (χ2n) is 5.59. The molecule has 0 unspecified atom stereocenters. The van der Waals surface area contributed by atoms with Crippen LogP contribution in [0, 0.1) is 0 Å². The Hall–Kier alpha value is -2.14. The van der Waals surface area contributed by atoms with Crippen molar-refractivity contribution in [1.82, 2.24) is 14.9 Å². The van der Waals surface area contributed by atoms with Gasteiger partial charge in [-0.05, 0) is 37.0 Å². The number of likely N-dealkylation sites (tertiary alicyclic amines) is 1. The Morgan fingerprint density at radius 3 is 2.83 bits per heavy atom. The summed E-state index contributed by atoms with van der Waals surface area (Å²) in [6.45, 7) is 2.36. The SMILES string of the molecule is O=C(c1cc(NCCc2cccc(Cl)c2)ncn1)N1CCCC1. The number of hydrogen-bond acceptors (Lipinski definition) is 4. The van der Waals surface area contributed by atoms with Gasteiger partial charge in [-0.3, -0.25) is 4.79 Å². The zero-order valence-electron chi connectivity index (χ0n) is 12.8.